The van der Waals surface area contributed by atoms with E-state index in [9.17, 15) is 4.79 Å². The lowest BCUT2D eigenvalue weighted by Crippen LogP contribution is -2.09. The van der Waals surface area contributed by atoms with Crippen molar-refractivity contribution in [3.63, 3.8) is 0 Å². The van der Waals surface area contributed by atoms with E-state index in [0.717, 1.165) is 0 Å². The van der Waals surface area contributed by atoms with Crippen molar-refractivity contribution >= 4 is 5.97 Å². The maximum Gasteiger partial charge on any atom is 0.335 e. The fraction of sp³-hybridized carbons (Fsp3) is 0.364. The first-order valence-corrected chi connectivity index (χ1v) is 4.60. The summed E-state index contributed by atoms with van der Waals surface area (Å²) in [5.41, 5.74) is 1.59. The van der Waals surface area contributed by atoms with E-state index >= 15 is 0 Å². The minimum absolute atomic E-state index is 0.407. The van der Waals surface area contributed by atoms with Crippen LogP contribution in [0.3, 0.4) is 0 Å². The largest absolute Gasteiger partial charge is 0.478 e. The first kappa shape index (κ1) is 8.30. The van der Waals surface area contributed by atoms with E-state index < -0.39 is 5.97 Å². The summed E-state index contributed by atoms with van der Waals surface area (Å²) in [6, 6.07) is 7.30. The molecule has 1 aliphatic carbocycles. The molecule has 0 atom stereocenters. The smallest absolute Gasteiger partial charge is 0.335 e. The van der Waals surface area contributed by atoms with Crippen LogP contribution in [-0.2, 0) is 0 Å². The van der Waals surface area contributed by atoms with Crippen molar-refractivity contribution in [3.05, 3.63) is 35.4 Å². The maximum absolute atomic E-state index is 10.7. The lowest BCUT2D eigenvalue weighted by Gasteiger charge is -2.25. The maximum atomic E-state index is 10.7. The van der Waals surface area contributed by atoms with Gasteiger partial charge < -0.3 is 5.11 Å². The van der Waals surface area contributed by atoms with Crippen LogP contribution < -0.4 is 0 Å². The summed E-state index contributed by atoms with van der Waals surface area (Å²) in [4.78, 5) is 10.7. The van der Waals surface area contributed by atoms with Crippen molar-refractivity contribution < 1.29 is 9.90 Å². The van der Waals surface area contributed by atoms with Gasteiger partial charge in [-0.1, -0.05) is 18.6 Å². The molecule has 0 saturated heterocycles. The van der Waals surface area contributed by atoms with Gasteiger partial charge in [0.25, 0.3) is 0 Å². The first-order chi connectivity index (χ1) is 6.27. The summed E-state index contributed by atoms with van der Waals surface area (Å²) in [6.07, 6.45) is 3.70. The second-order valence-corrected chi connectivity index (χ2v) is 3.56. The number of carboxylic acids is 1. The van der Waals surface area contributed by atoms with Gasteiger partial charge >= 0.3 is 5.97 Å². The molecule has 1 N–H and O–H groups in total. The molecule has 0 bridgehead atoms. The highest BCUT2D eigenvalue weighted by Crippen LogP contribution is 2.36. The highest BCUT2D eigenvalue weighted by atomic mass is 16.4. The molecule has 2 heteroatoms. The molecule has 68 valence electrons. The average Bonchev–Trinajstić information content (AvgIpc) is 2.01. The van der Waals surface area contributed by atoms with Crippen LogP contribution in [-0.4, -0.2) is 11.1 Å². The number of aromatic carboxylic acids is 1. The number of hydrogen-bond donors (Lipinski definition) is 1. The number of carboxylic acid groups (broad SMARTS) is 1. The lowest BCUT2D eigenvalue weighted by atomic mass is 9.80. The predicted molar refractivity (Wildman–Crippen MR) is 50.0 cm³/mol. The zero-order valence-electron chi connectivity index (χ0n) is 7.36. The summed E-state index contributed by atoms with van der Waals surface area (Å²) < 4.78 is 0. The number of rotatable bonds is 2. The van der Waals surface area contributed by atoms with Crippen LogP contribution in [0.15, 0.2) is 24.3 Å². The van der Waals surface area contributed by atoms with Crippen LogP contribution >= 0.6 is 0 Å². The zero-order valence-corrected chi connectivity index (χ0v) is 7.36. The van der Waals surface area contributed by atoms with Gasteiger partial charge in [0, 0.05) is 0 Å². The number of benzene rings is 1. The summed E-state index contributed by atoms with van der Waals surface area (Å²) in [7, 11) is 0. The molecule has 0 heterocycles. The van der Waals surface area contributed by atoms with Crippen molar-refractivity contribution in [2.45, 2.75) is 25.2 Å². The van der Waals surface area contributed by atoms with Gasteiger partial charge in [-0.05, 0) is 36.5 Å². The Bertz CT molecular complexity index is 327. The second-order valence-electron chi connectivity index (χ2n) is 3.56. The molecule has 13 heavy (non-hydrogen) atoms. The topological polar surface area (TPSA) is 37.3 Å². The third-order valence-electron chi connectivity index (χ3n) is 2.71. The van der Waals surface area contributed by atoms with Gasteiger partial charge in [-0.2, -0.15) is 0 Å². The van der Waals surface area contributed by atoms with Gasteiger partial charge in [-0.15, -0.1) is 0 Å². The zero-order chi connectivity index (χ0) is 9.26. The molecule has 0 radical (unpaired) electrons. The quantitative estimate of drug-likeness (QED) is 0.752. The summed E-state index contributed by atoms with van der Waals surface area (Å²) in [5.74, 6) is -0.222. The normalized spacial score (nSPS) is 16.6. The van der Waals surface area contributed by atoms with Crippen LogP contribution in [0.5, 0.6) is 0 Å². The molecule has 1 fully saturated rings. The van der Waals surface area contributed by atoms with Crippen LogP contribution in [0.4, 0.5) is 0 Å². The molecule has 1 aromatic carbocycles. The monoisotopic (exact) mass is 176 g/mol. The van der Waals surface area contributed by atoms with Crippen LogP contribution in [0, 0.1) is 0 Å². The minimum atomic E-state index is -0.832. The molecule has 0 aliphatic heterocycles. The van der Waals surface area contributed by atoms with E-state index in [1.807, 2.05) is 12.1 Å². The van der Waals surface area contributed by atoms with E-state index in [4.69, 9.17) is 5.11 Å². The molecule has 2 rings (SSSR count). The van der Waals surface area contributed by atoms with E-state index in [-0.39, 0.29) is 0 Å². The number of hydrogen-bond acceptors (Lipinski definition) is 1. The van der Waals surface area contributed by atoms with Crippen molar-refractivity contribution in [1.82, 2.24) is 0 Å². The predicted octanol–water partition coefficient (Wildman–Crippen LogP) is 2.65. The lowest BCUT2D eigenvalue weighted by molar-refractivity contribution is 0.0696. The Morgan fingerprint density at radius 3 is 2.69 bits per heavy atom. The summed E-state index contributed by atoms with van der Waals surface area (Å²) in [6.45, 7) is 0. The third-order valence-corrected chi connectivity index (χ3v) is 2.71. The van der Waals surface area contributed by atoms with Crippen molar-refractivity contribution in [2.75, 3.05) is 0 Å². The Kier molecular flexibility index (Phi) is 2.05. The number of carbonyl (C=O) groups is 1. The van der Waals surface area contributed by atoms with Crippen LogP contribution in [0.25, 0.3) is 0 Å². The highest BCUT2D eigenvalue weighted by molar-refractivity contribution is 5.87. The molecule has 0 amide bonds. The van der Waals surface area contributed by atoms with Crippen LogP contribution in [0.1, 0.15) is 41.1 Å². The molecule has 0 spiro atoms. The molecule has 2 nitrogen and oxygen atoms in total. The van der Waals surface area contributed by atoms with Gasteiger partial charge in [0.15, 0.2) is 0 Å². The van der Waals surface area contributed by atoms with Crippen molar-refractivity contribution in [2.24, 2.45) is 0 Å². The standard InChI is InChI=1S/C11H12O2/c12-11(13)10-6-2-5-9(7-10)8-3-1-4-8/h2,5-8H,1,3-4H2,(H,12,13). The molecule has 0 unspecified atom stereocenters. The highest BCUT2D eigenvalue weighted by Gasteiger charge is 2.19. The SMILES string of the molecule is O=C(O)c1cccc(C2CCC2)c1. The minimum Gasteiger partial charge on any atom is -0.478 e. The summed E-state index contributed by atoms with van der Waals surface area (Å²) >= 11 is 0. The van der Waals surface area contributed by atoms with Gasteiger partial charge in [-0.3, -0.25) is 0 Å². The third kappa shape index (κ3) is 1.57. The van der Waals surface area contributed by atoms with E-state index in [1.165, 1.54) is 24.8 Å². The Morgan fingerprint density at radius 1 is 1.38 bits per heavy atom. The fourth-order valence-electron chi connectivity index (χ4n) is 1.67. The van der Waals surface area contributed by atoms with Gasteiger partial charge in [0.05, 0.1) is 5.56 Å². The Balaban J connectivity index is 2.26. The molecule has 1 saturated carbocycles. The summed E-state index contributed by atoms with van der Waals surface area (Å²) in [5, 5.41) is 8.78. The average molecular weight is 176 g/mol. The van der Waals surface area contributed by atoms with E-state index in [0.29, 0.717) is 11.5 Å². The van der Waals surface area contributed by atoms with Crippen molar-refractivity contribution in [3.8, 4) is 0 Å². The Hall–Kier alpha value is -1.31. The van der Waals surface area contributed by atoms with E-state index in [1.54, 1.807) is 12.1 Å². The molecule has 0 aromatic heterocycles. The Morgan fingerprint density at radius 2 is 2.15 bits per heavy atom. The van der Waals surface area contributed by atoms with Gasteiger partial charge in [0.2, 0.25) is 0 Å². The van der Waals surface area contributed by atoms with Crippen molar-refractivity contribution in [1.29, 1.82) is 0 Å². The molecular formula is C11H12O2. The van der Waals surface area contributed by atoms with Gasteiger partial charge in [-0.25, -0.2) is 4.79 Å². The van der Waals surface area contributed by atoms with Gasteiger partial charge in [0.1, 0.15) is 0 Å². The second kappa shape index (κ2) is 3.21. The molecular weight excluding hydrogens is 164 g/mol. The van der Waals surface area contributed by atoms with Crippen LogP contribution in [0.2, 0.25) is 0 Å². The first-order valence-electron chi connectivity index (χ1n) is 4.60. The molecule has 1 aliphatic rings. The fourth-order valence-corrected chi connectivity index (χ4v) is 1.67. The molecule has 1 aromatic rings. The Labute approximate surface area is 77.2 Å². The van der Waals surface area contributed by atoms with E-state index in [2.05, 4.69) is 0 Å².